The van der Waals surface area contributed by atoms with E-state index in [0.29, 0.717) is 5.89 Å². The van der Waals surface area contributed by atoms with Gasteiger partial charge in [-0.1, -0.05) is 12.1 Å². The van der Waals surface area contributed by atoms with Crippen LogP contribution in [0.1, 0.15) is 5.89 Å². The van der Waals surface area contributed by atoms with E-state index in [4.69, 9.17) is 4.42 Å². The second-order valence-corrected chi connectivity index (χ2v) is 3.93. The van der Waals surface area contributed by atoms with E-state index >= 15 is 0 Å². The maximum atomic E-state index is 11.5. The van der Waals surface area contributed by atoms with E-state index < -0.39 is 0 Å². The first kappa shape index (κ1) is 10.6. The Labute approximate surface area is 103 Å². The quantitative estimate of drug-likeness (QED) is 0.747. The van der Waals surface area contributed by atoms with Crippen LogP contribution in [-0.4, -0.2) is 14.5 Å². The van der Waals surface area contributed by atoms with Gasteiger partial charge in [0, 0.05) is 24.9 Å². The van der Waals surface area contributed by atoms with E-state index in [0.717, 1.165) is 16.9 Å². The summed E-state index contributed by atoms with van der Waals surface area (Å²) in [5.74, 6) is 0.635. The molecule has 5 nitrogen and oxygen atoms in total. The fourth-order valence-electron chi connectivity index (χ4n) is 1.81. The van der Waals surface area contributed by atoms with Gasteiger partial charge in [0.15, 0.2) is 5.89 Å². The smallest absolute Gasteiger partial charge is 0.330 e. The van der Waals surface area contributed by atoms with Crippen molar-refractivity contribution in [3.8, 4) is 16.9 Å². The molecule has 1 aromatic carbocycles. The van der Waals surface area contributed by atoms with Crippen molar-refractivity contribution in [2.24, 2.45) is 0 Å². The minimum atomic E-state index is -0.153. The number of hydrogen-bond donors (Lipinski definition) is 1. The van der Waals surface area contributed by atoms with Crippen LogP contribution < -0.4 is 5.69 Å². The first-order valence-corrected chi connectivity index (χ1v) is 5.53. The highest BCUT2D eigenvalue weighted by molar-refractivity contribution is 5.59. The van der Waals surface area contributed by atoms with Crippen molar-refractivity contribution in [2.45, 2.75) is 6.92 Å². The molecule has 2 heterocycles. The molecule has 0 unspecified atom stereocenters. The van der Waals surface area contributed by atoms with Crippen molar-refractivity contribution in [3.63, 3.8) is 0 Å². The predicted octanol–water partition coefficient (Wildman–Crippen LogP) is 2.13. The fraction of sp³-hybridized carbons (Fsp3) is 0.0769. The lowest BCUT2D eigenvalue weighted by Gasteiger charge is -2.01. The molecule has 18 heavy (non-hydrogen) atoms. The maximum Gasteiger partial charge on any atom is 0.330 e. The first-order chi connectivity index (χ1) is 8.74. The van der Waals surface area contributed by atoms with Gasteiger partial charge in [0.2, 0.25) is 0 Å². The molecule has 0 aliphatic rings. The number of nitrogens with one attached hydrogen (secondary N) is 1. The summed E-state index contributed by atoms with van der Waals surface area (Å²) in [4.78, 5) is 18.3. The molecular formula is C13H11N3O2. The molecule has 3 aromatic rings. The molecule has 0 fully saturated rings. The highest BCUT2D eigenvalue weighted by atomic mass is 16.3. The Morgan fingerprint density at radius 1 is 1.28 bits per heavy atom. The molecule has 0 spiro atoms. The van der Waals surface area contributed by atoms with E-state index in [1.54, 1.807) is 25.6 Å². The topological polar surface area (TPSA) is 63.8 Å². The second kappa shape index (κ2) is 4.03. The molecule has 0 radical (unpaired) electrons. The Hall–Kier alpha value is -2.56. The van der Waals surface area contributed by atoms with Crippen LogP contribution in [0, 0.1) is 6.92 Å². The molecule has 0 saturated heterocycles. The molecule has 90 valence electrons. The zero-order valence-corrected chi connectivity index (χ0v) is 9.75. The second-order valence-electron chi connectivity index (χ2n) is 3.93. The molecule has 0 atom stereocenters. The van der Waals surface area contributed by atoms with Crippen LogP contribution in [0.15, 0.2) is 52.1 Å². The van der Waals surface area contributed by atoms with Crippen LogP contribution in [0.4, 0.5) is 0 Å². The lowest BCUT2D eigenvalue weighted by molar-refractivity contribution is 0.521. The van der Waals surface area contributed by atoms with Gasteiger partial charge in [-0.2, -0.15) is 0 Å². The summed E-state index contributed by atoms with van der Waals surface area (Å²) in [7, 11) is 0. The van der Waals surface area contributed by atoms with E-state index in [1.165, 1.54) is 4.57 Å². The van der Waals surface area contributed by atoms with E-state index in [9.17, 15) is 4.79 Å². The number of rotatable bonds is 2. The molecule has 0 aliphatic heterocycles. The van der Waals surface area contributed by atoms with Crippen LogP contribution in [0.2, 0.25) is 0 Å². The number of oxazole rings is 1. The van der Waals surface area contributed by atoms with Crippen molar-refractivity contribution >= 4 is 0 Å². The predicted molar refractivity (Wildman–Crippen MR) is 66.6 cm³/mol. The zero-order chi connectivity index (χ0) is 12.5. The number of aryl methyl sites for hydroxylation is 1. The molecule has 1 N–H and O–H groups in total. The Morgan fingerprint density at radius 2 is 2.06 bits per heavy atom. The van der Waals surface area contributed by atoms with Gasteiger partial charge in [0.1, 0.15) is 12.0 Å². The highest BCUT2D eigenvalue weighted by Crippen LogP contribution is 2.19. The lowest BCUT2D eigenvalue weighted by atomic mass is 10.1. The minimum absolute atomic E-state index is 0.153. The number of benzene rings is 1. The molecule has 3 rings (SSSR count). The van der Waals surface area contributed by atoms with Crippen molar-refractivity contribution in [1.29, 1.82) is 0 Å². The largest absolute Gasteiger partial charge is 0.449 e. The third-order valence-electron chi connectivity index (χ3n) is 2.71. The average Bonchev–Trinajstić information content (AvgIpc) is 2.98. The van der Waals surface area contributed by atoms with Crippen LogP contribution in [0.5, 0.6) is 0 Å². The Morgan fingerprint density at radius 3 is 2.61 bits per heavy atom. The summed E-state index contributed by atoms with van der Waals surface area (Å²) in [6.45, 7) is 1.80. The molecule has 0 amide bonds. The summed E-state index contributed by atoms with van der Waals surface area (Å²) in [5, 5.41) is 0. The van der Waals surface area contributed by atoms with Crippen LogP contribution in [0.3, 0.4) is 0 Å². The third-order valence-corrected chi connectivity index (χ3v) is 2.71. The number of imidazole rings is 1. The van der Waals surface area contributed by atoms with Gasteiger partial charge in [-0.05, 0) is 12.1 Å². The van der Waals surface area contributed by atoms with Crippen LogP contribution in [-0.2, 0) is 0 Å². The van der Waals surface area contributed by atoms with Gasteiger partial charge in [-0.15, -0.1) is 0 Å². The summed E-state index contributed by atoms with van der Waals surface area (Å²) in [6.07, 6.45) is 4.92. The average molecular weight is 241 g/mol. The number of hydrogen-bond acceptors (Lipinski definition) is 3. The maximum absolute atomic E-state index is 11.5. The Bertz CT molecular complexity index is 719. The normalized spacial score (nSPS) is 10.7. The monoisotopic (exact) mass is 241 g/mol. The Balaban J connectivity index is 1.99. The SMILES string of the molecule is Cc1nc(-c2ccc(-n3cc[nH]c3=O)cc2)co1. The first-order valence-electron chi connectivity index (χ1n) is 5.53. The molecule has 0 aliphatic carbocycles. The molecule has 0 bridgehead atoms. The third kappa shape index (κ3) is 1.75. The van der Waals surface area contributed by atoms with E-state index in [1.807, 2.05) is 24.3 Å². The zero-order valence-electron chi connectivity index (χ0n) is 9.75. The number of aromatic amines is 1. The van der Waals surface area contributed by atoms with Crippen molar-refractivity contribution in [1.82, 2.24) is 14.5 Å². The van der Waals surface area contributed by atoms with Gasteiger partial charge < -0.3 is 9.40 Å². The van der Waals surface area contributed by atoms with E-state index in [2.05, 4.69) is 9.97 Å². The molecule has 5 heteroatoms. The standard InChI is InChI=1S/C13H11N3O2/c1-9-15-12(8-18-9)10-2-4-11(5-3-10)16-7-6-14-13(16)17/h2-8H,1H3,(H,14,17). The van der Waals surface area contributed by atoms with Crippen molar-refractivity contribution in [3.05, 3.63) is 59.3 Å². The summed E-state index contributed by atoms with van der Waals surface area (Å²) >= 11 is 0. The van der Waals surface area contributed by atoms with Crippen LogP contribution in [0.25, 0.3) is 16.9 Å². The van der Waals surface area contributed by atoms with Gasteiger partial charge in [-0.25, -0.2) is 9.78 Å². The van der Waals surface area contributed by atoms with Gasteiger partial charge in [-0.3, -0.25) is 4.57 Å². The number of H-pyrrole nitrogens is 1. The van der Waals surface area contributed by atoms with Gasteiger partial charge in [0.25, 0.3) is 0 Å². The van der Waals surface area contributed by atoms with Crippen molar-refractivity contribution in [2.75, 3.05) is 0 Å². The van der Waals surface area contributed by atoms with Gasteiger partial charge in [0.05, 0.1) is 5.69 Å². The van der Waals surface area contributed by atoms with Crippen LogP contribution >= 0.6 is 0 Å². The van der Waals surface area contributed by atoms with E-state index in [-0.39, 0.29) is 5.69 Å². The number of nitrogens with zero attached hydrogens (tertiary/aromatic N) is 2. The lowest BCUT2D eigenvalue weighted by Crippen LogP contribution is -2.13. The summed E-state index contributed by atoms with van der Waals surface area (Å²) < 4.78 is 6.71. The van der Waals surface area contributed by atoms with Gasteiger partial charge >= 0.3 is 5.69 Å². The van der Waals surface area contributed by atoms with Crippen molar-refractivity contribution < 1.29 is 4.42 Å². The summed E-state index contributed by atoms with van der Waals surface area (Å²) in [5.41, 5.74) is 2.41. The molecule has 0 saturated carbocycles. The fourth-order valence-corrected chi connectivity index (χ4v) is 1.81. The highest BCUT2D eigenvalue weighted by Gasteiger charge is 2.04. The Kier molecular flexibility index (Phi) is 2.37. The summed E-state index contributed by atoms with van der Waals surface area (Å²) in [6, 6.07) is 7.56. The number of aromatic nitrogens is 3. The molecular weight excluding hydrogens is 230 g/mol. The minimum Gasteiger partial charge on any atom is -0.449 e. The molecule has 2 aromatic heterocycles.